The molecule has 1 unspecified atom stereocenters. The fourth-order valence-electron chi connectivity index (χ4n) is 4.14. The predicted molar refractivity (Wildman–Crippen MR) is 99.2 cm³/mol. The molecule has 1 aromatic carbocycles. The Bertz CT molecular complexity index is 715. The summed E-state index contributed by atoms with van der Waals surface area (Å²) in [7, 11) is 0. The molecule has 4 nitrogen and oxygen atoms in total. The van der Waals surface area contributed by atoms with Crippen LogP contribution in [0.5, 0.6) is 0 Å². The van der Waals surface area contributed by atoms with Crippen LogP contribution in [0, 0.1) is 0 Å². The van der Waals surface area contributed by atoms with E-state index in [1.54, 1.807) is 6.20 Å². The Labute approximate surface area is 149 Å². The minimum Gasteiger partial charge on any atom is -0.341 e. The fourth-order valence-corrected chi connectivity index (χ4v) is 4.14. The van der Waals surface area contributed by atoms with Gasteiger partial charge in [-0.1, -0.05) is 30.3 Å². The number of hydrogen-bond donors (Lipinski definition) is 1. The number of carbonyl (C=O) groups is 1. The normalized spacial score (nSPS) is 23.1. The highest BCUT2D eigenvalue weighted by Gasteiger charge is 2.43. The van der Waals surface area contributed by atoms with Crippen LogP contribution in [0.15, 0.2) is 48.8 Å². The summed E-state index contributed by atoms with van der Waals surface area (Å²) in [6.45, 7) is 2.78. The quantitative estimate of drug-likeness (QED) is 0.934. The molecule has 1 aromatic heterocycles. The lowest BCUT2D eigenvalue weighted by Crippen LogP contribution is -2.55. The molecular formula is C21H25N3O. The van der Waals surface area contributed by atoms with Gasteiger partial charge in [0.05, 0.1) is 0 Å². The Balaban J connectivity index is 1.53. The Morgan fingerprint density at radius 3 is 2.52 bits per heavy atom. The molecule has 2 saturated heterocycles. The summed E-state index contributed by atoms with van der Waals surface area (Å²) < 4.78 is 0. The van der Waals surface area contributed by atoms with Crippen LogP contribution in [-0.4, -0.2) is 41.0 Å². The molecule has 3 heterocycles. The molecule has 0 radical (unpaired) electrons. The Kier molecular flexibility index (Phi) is 4.53. The molecule has 0 aliphatic carbocycles. The average molecular weight is 335 g/mol. The zero-order chi connectivity index (χ0) is 17.1. The molecule has 4 heteroatoms. The van der Waals surface area contributed by atoms with Crippen LogP contribution in [-0.2, 0) is 11.2 Å². The SMILES string of the molecule is O=C(N1CCCC1)C1(Cc2ccc(-c3cccnc3)cc2)CCCN1. The van der Waals surface area contributed by atoms with Gasteiger partial charge in [0.25, 0.3) is 0 Å². The highest BCUT2D eigenvalue weighted by atomic mass is 16.2. The van der Waals surface area contributed by atoms with Crippen LogP contribution in [0.4, 0.5) is 0 Å². The summed E-state index contributed by atoms with van der Waals surface area (Å²) in [5, 5.41) is 3.54. The second kappa shape index (κ2) is 6.96. The number of pyridine rings is 1. The third kappa shape index (κ3) is 3.31. The summed E-state index contributed by atoms with van der Waals surface area (Å²) in [6.07, 6.45) is 8.74. The first-order chi connectivity index (χ1) is 12.3. The molecule has 1 atom stereocenters. The molecule has 2 aliphatic rings. The van der Waals surface area contributed by atoms with Crippen molar-refractivity contribution < 1.29 is 4.79 Å². The fraction of sp³-hybridized carbons (Fsp3) is 0.429. The minimum absolute atomic E-state index is 0.304. The molecule has 1 amide bonds. The lowest BCUT2D eigenvalue weighted by molar-refractivity contribution is -0.136. The van der Waals surface area contributed by atoms with Crippen molar-refractivity contribution in [1.82, 2.24) is 15.2 Å². The lowest BCUT2D eigenvalue weighted by Gasteiger charge is -2.33. The van der Waals surface area contributed by atoms with E-state index < -0.39 is 5.54 Å². The van der Waals surface area contributed by atoms with E-state index in [0.717, 1.165) is 62.9 Å². The molecule has 130 valence electrons. The predicted octanol–water partition coefficient (Wildman–Crippen LogP) is 3.04. The molecule has 25 heavy (non-hydrogen) atoms. The molecule has 2 fully saturated rings. The van der Waals surface area contributed by atoms with Gasteiger partial charge in [-0.05, 0) is 61.4 Å². The van der Waals surface area contributed by atoms with Gasteiger partial charge in [0.2, 0.25) is 5.91 Å². The van der Waals surface area contributed by atoms with Crippen molar-refractivity contribution in [3.63, 3.8) is 0 Å². The molecule has 4 rings (SSSR count). The maximum atomic E-state index is 13.1. The first kappa shape index (κ1) is 16.3. The molecule has 0 bridgehead atoms. The average Bonchev–Trinajstić information content (AvgIpc) is 3.35. The molecule has 1 N–H and O–H groups in total. The highest BCUT2D eigenvalue weighted by molar-refractivity contribution is 5.87. The van der Waals surface area contributed by atoms with Crippen molar-refractivity contribution in [2.75, 3.05) is 19.6 Å². The number of nitrogens with one attached hydrogen (secondary N) is 1. The monoisotopic (exact) mass is 335 g/mol. The van der Waals surface area contributed by atoms with Crippen molar-refractivity contribution in [3.05, 3.63) is 54.4 Å². The minimum atomic E-state index is -0.403. The van der Waals surface area contributed by atoms with Crippen molar-refractivity contribution in [2.24, 2.45) is 0 Å². The Morgan fingerprint density at radius 2 is 1.88 bits per heavy atom. The van der Waals surface area contributed by atoms with Crippen LogP contribution in [0.1, 0.15) is 31.2 Å². The third-order valence-corrected chi connectivity index (χ3v) is 5.50. The molecule has 2 aliphatic heterocycles. The number of aromatic nitrogens is 1. The van der Waals surface area contributed by atoms with Crippen LogP contribution < -0.4 is 5.32 Å². The maximum Gasteiger partial charge on any atom is 0.243 e. The van der Waals surface area contributed by atoms with E-state index in [2.05, 4.69) is 45.5 Å². The van der Waals surface area contributed by atoms with Crippen LogP contribution in [0.3, 0.4) is 0 Å². The number of hydrogen-bond acceptors (Lipinski definition) is 3. The van der Waals surface area contributed by atoms with Gasteiger partial charge >= 0.3 is 0 Å². The van der Waals surface area contributed by atoms with Gasteiger partial charge in [0.15, 0.2) is 0 Å². The first-order valence-corrected chi connectivity index (χ1v) is 9.31. The molecular weight excluding hydrogens is 310 g/mol. The second-order valence-corrected chi connectivity index (χ2v) is 7.23. The van der Waals surface area contributed by atoms with E-state index in [9.17, 15) is 4.79 Å². The summed E-state index contributed by atoms with van der Waals surface area (Å²) in [4.78, 5) is 19.4. The van der Waals surface area contributed by atoms with Gasteiger partial charge in [-0.25, -0.2) is 0 Å². The summed E-state index contributed by atoms with van der Waals surface area (Å²) in [5.41, 5.74) is 3.10. The van der Waals surface area contributed by atoms with Gasteiger partial charge in [-0.3, -0.25) is 9.78 Å². The largest absolute Gasteiger partial charge is 0.341 e. The van der Waals surface area contributed by atoms with Crippen molar-refractivity contribution in [2.45, 2.75) is 37.6 Å². The van der Waals surface area contributed by atoms with E-state index in [-0.39, 0.29) is 0 Å². The van der Waals surface area contributed by atoms with Gasteiger partial charge in [0, 0.05) is 25.5 Å². The van der Waals surface area contributed by atoms with E-state index in [4.69, 9.17) is 0 Å². The van der Waals surface area contributed by atoms with Gasteiger partial charge in [0.1, 0.15) is 5.54 Å². The van der Waals surface area contributed by atoms with E-state index in [0.29, 0.717) is 5.91 Å². The molecule has 0 saturated carbocycles. The van der Waals surface area contributed by atoms with E-state index in [1.807, 2.05) is 12.3 Å². The first-order valence-electron chi connectivity index (χ1n) is 9.31. The number of likely N-dealkylation sites (tertiary alicyclic amines) is 1. The summed E-state index contributed by atoms with van der Waals surface area (Å²) in [5.74, 6) is 0.304. The zero-order valence-electron chi connectivity index (χ0n) is 14.6. The zero-order valence-corrected chi connectivity index (χ0v) is 14.6. The molecule has 0 spiro atoms. The maximum absolute atomic E-state index is 13.1. The van der Waals surface area contributed by atoms with Crippen molar-refractivity contribution in [1.29, 1.82) is 0 Å². The van der Waals surface area contributed by atoms with Crippen LogP contribution >= 0.6 is 0 Å². The number of rotatable bonds is 4. The van der Waals surface area contributed by atoms with Crippen LogP contribution in [0.25, 0.3) is 11.1 Å². The van der Waals surface area contributed by atoms with E-state index >= 15 is 0 Å². The summed E-state index contributed by atoms with van der Waals surface area (Å²) in [6, 6.07) is 12.6. The topological polar surface area (TPSA) is 45.2 Å². The Morgan fingerprint density at radius 1 is 1.08 bits per heavy atom. The standard InChI is InChI=1S/C21H25N3O/c25-20(24-13-1-2-14-24)21(10-4-12-23-21)15-17-6-8-18(9-7-17)19-5-3-11-22-16-19/h3,5-9,11,16,23H,1-2,4,10,12-15H2. The highest BCUT2D eigenvalue weighted by Crippen LogP contribution is 2.29. The third-order valence-electron chi connectivity index (χ3n) is 5.50. The number of benzene rings is 1. The van der Waals surface area contributed by atoms with Crippen molar-refractivity contribution in [3.8, 4) is 11.1 Å². The van der Waals surface area contributed by atoms with Crippen molar-refractivity contribution >= 4 is 5.91 Å². The second-order valence-electron chi connectivity index (χ2n) is 7.23. The van der Waals surface area contributed by atoms with E-state index in [1.165, 1.54) is 5.56 Å². The van der Waals surface area contributed by atoms with Crippen LogP contribution in [0.2, 0.25) is 0 Å². The number of amides is 1. The van der Waals surface area contributed by atoms with Gasteiger partial charge in [-0.2, -0.15) is 0 Å². The Hall–Kier alpha value is -2.20. The number of nitrogens with zero attached hydrogens (tertiary/aromatic N) is 2. The molecule has 2 aromatic rings. The summed E-state index contributed by atoms with van der Waals surface area (Å²) >= 11 is 0. The van der Waals surface area contributed by atoms with Gasteiger partial charge in [-0.15, -0.1) is 0 Å². The lowest BCUT2D eigenvalue weighted by atomic mass is 9.87. The smallest absolute Gasteiger partial charge is 0.243 e. The number of carbonyl (C=O) groups excluding carboxylic acids is 1. The van der Waals surface area contributed by atoms with Gasteiger partial charge < -0.3 is 10.2 Å².